The number of hydrogen-bond acceptors (Lipinski definition) is 2. The van der Waals surface area contributed by atoms with Gasteiger partial charge in [-0.2, -0.15) is 0 Å². The topological polar surface area (TPSA) is 56.7 Å². The Morgan fingerprint density at radius 2 is 1.87 bits per heavy atom. The predicted molar refractivity (Wildman–Crippen MR) is 105 cm³/mol. The molecule has 0 radical (unpaired) electrons. The van der Waals surface area contributed by atoms with Crippen molar-refractivity contribution in [1.29, 1.82) is 0 Å². The minimum atomic E-state index is 0. The van der Waals surface area contributed by atoms with Crippen LogP contribution in [0.15, 0.2) is 29.3 Å². The zero-order valence-electron chi connectivity index (χ0n) is 14.1. The first-order valence-corrected chi connectivity index (χ1v) is 7.92. The molecule has 128 valence electrons. The summed E-state index contributed by atoms with van der Waals surface area (Å²) in [5, 5.41) is 6.46. The van der Waals surface area contributed by atoms with Crippen LogP contribution >= 0.6 is 24.0 Å². The molecule has 0 atom stereocenters. The van der Waals surface area contributed by atoms with Gasteiger partial charge >= 0.3 is 0 Å². The van der Waals surface area contributed by atoms with E-state index in [1.165, 1.54) is 11.1 Å². The van der Waals surface area contributed by atoms with Crippen molar-refractivity contribution < 1.29 is 4.79 Å². The van der Waals surface area contributed by atoms with Crippen molar-refractivity contribution in [1.82, 2.24) is 15.5 Å². The lowest BCUT2D eigenvalue weighted by molar-refractivity contribution is -0.131. The predicted octanol–water partition coefficient (Wildman–Crippen LogP) is 2.50. The highest BCUT2D eigenvalue weighted by molar-refractivity contribution is 14.0. The zero-order valence-corrected chi connectivity index (χ0v) is 16.5. The van der Waals surface area contributed by atoms with Crippen molar-refractivity contribution in [2.75, 3.05) is 13.6 Å². The van der Waals surface area contributed by atoms with Gasteiger partial charge in [0.1, 0.15) is 0 Å². The van der Waals surface area contributed by atoms with Crippen LogP contribution in [0.5, 0.6) is 0 Å². The normalized spacial score (nSPS) is 13.6. The molecule has 2 N–H and O–H groups in total. The Morgan fingerprint density at radius 1 is 1.26 bits per heavy atom. The molecule has 0 unspecified atom stereocenters. The Kier molecular flexibility index (Phi) is 8.36. The highest BCUT2D eigenvalue weighted by atomic mass is 127. The van der Waals surface area contributed by atoms with Crippen molar-refractivity contribution in [3.63, 3.8) is 0 Å². The molecule has 1 amide bonds. The second-order valence-corrected chi connectivity index (χ2v) is 5.92. The van der Waals surface area contributed by atoms with E-state index in [0.29, 0.717) is 12.5 Å². The number of halogens is 1. The third-order valence-corrected chi connectivity index (χ3v) is 3.70. The highest BCUT2D eigenvalue weighted by Gasteiger charge is 2.22. The first kappa shape index (κ1) is 19.7. The van der Waals surface area contributed by atoms with E-state index >= 15 is 0 Å². The molecule has 0 aromatic heterocycles. The number of guanidine groups is 1. The summed E-state index contributed by atoms with van der Waals surface area (Å²) in [6.07, 6.45) is 1.38. The Balaban J connectivity index is 0.00000264. The number of hydrogen-bond donors (Lipinski definition) is 2. The van der Waals surface area contributed by atoms with Crippen LogP contribution in [0.25, 0.3) is 0 Å². The highest BCUT2D eigenvalue weighted by Crippen LogP contribution is 2.22. The fraction of sp³-hybridized carbons (Fsp3) is 0.529. The van der Waals surface area contributed by atoms with Gasteiger partial charge in [0.05, 0.1) is 0 Å². The first-order chi connectivity index (χ1) is 10.6. The average molecular weight is 430 g/mol. The number of fused-ring (bicyclic) bond motifs is 1. The smallest absolute Gasteiger partial charge is 0.223 e. The van der Waals surface area contributed by atoms with Crippen LogP contribution in [0.3, 0.4) is 0 Å². The van der Waals surface area contributed by atoms with Crippen molar-refractivity contribution >= 4 is 35.8 Å². The average Bonchev–Trinajstić information content (AvgIpc) is 2.93. The van der Waals surface area contributed by atoms with Gasteiger partial charge in [0, 0.05) is 39.1 Å². The molecular formula is C17H27IN4O. The summed E-state index contributed by atoms with van der Waals surface area (Å²) in [5.41, 5.74) is 2.55. The molecule has 1 aliphatic heterocycles. The molecule has 0 saturated heterocycles. The minimum absolute atomic E-state index is 0. The first-order valence-electron chi connectivity index (χ1n) is 7.92. The Hall–Kier alpha value is -1.31. The van der Waals surface area contributed by atoms with Gasteiger partial charge < -0.3 is 15.5 Å². The number of nitrogens with zero attached hydrogens (tertiary/aromatic N) is 2. The summed E-state index contributed by atoms with van der Waals surface area (Å²) in [6.45, 7) is 6.39. The maximum Gasteiger partial charge on any atom is 0.223 e. The summed E-state index contributed by atoms with van der Waals surface area (Å²) in [7, 11) is 1.75. The summed E-state index contributed by atoms with van der Waals surface area (Å²) in [6, 6.07) is 8.61. The molecule has 0 saturated carbocycles. The molecule has 6 heteroatoms. The van der Waals surface area contributed by atoms with Gasteiger partial charge in [0.2, 0.25) is 5.91 Å². The van der Waals surface area contributed by atoms with Crippen LogP contribution in [-0.4, -0.2) is 36.4 Å². The SMILES string of the molecule is CN=C(NCCCC(=O)N1Cc2ccccc2C1)NC(C)C.I. The molecule has 5 nitrogen and oxygen atoms in total. The van der Waals surface area contributed by atoms with Crippen LogP contribution in [0.2, 0.25) is 0 Å². The standard InChI is InChI=1S/C17H26N4O.HI/c1-13(2)20-17(18-3)19-10-6-9-16(22)21-11-14-7-4-5-8-15(14)12-21;/h4-5,7-8,13H,6,9-12H2,1-3H3,(H2,18,19,20);1H. The quantitative estimate of drug-likeness (QED) is 0.327. The van der Waals surface area contributed by atoms with E-state index in [1.807, 2.05) is 17.0 Å². The van der Waals surface area contributed by atoms with Gasteiger partial charge in [-0.25, -0.2) is 0 Å². The van der Waals surface area contributed by atoms with E-state index in [4.69, 9.17) is 0 Å². The zero-order chi connectivity index (χ0) is 15.9. The van der Waals surface area contributed by atoms with Gasteiger partial charge in [0.15, 0.2) is 5.96 Å². The van der Waals surface area contributed by atoms with E-state index < -0.39 is 0 Å². The summed E-state index contributed by atoms with van der Waals surface area (Å²) in [4.78, 5) is 18.3. The molecule has 0 fully saturated rings. The van der Waals surface area contributed by atoms with E-state index in [9.17, 15) is 4.79 Å². The number of rotatable bonds is 5. The van der Waals surface area contributed by atoms with Gasteiger partial charge in [-0.05, 0) is 31.4 Å². The summed E-state index contributed by atoms with van der Waals surface area (Å²) >= 11 is 0. The summed E-state index contributed by atoms with van der Waals surface area (Å²) < 4.78 is 0. The number of aliphatic imine (C=N–C) groups is 1. The van der Waals surface area contributed by atoms with Crippen molar-refractivity contribution in [2.24, 2.45) is 4.99 Å². The minimum Gasteiger partial charge on any atom is -0.356 e. The fourth-order valence-electron chi connectivity index (χ4n) is 2.58. The maximum absolute atomic E-state index is 12.3. The van der Waals surface area contributed by atoms with Gasteiger partial charge in [-0.3, -0.25) is 9.79 Å². The molecule has 1 aromatic carbocycles. The molecule has 23 heavy (non-hydrogen) atoms. The lowest BCUT2D eigenvalue weighted by atomic mass is 10.1. The van der Waals surface area contributed by atoms with E-state index in [0.717, 1.165) is 32.0 Å². The molecule has 2 rings (SSSR count). The Bertz CT molecular complexity index is 520. The van der Waals surface area contributed by atoms with Gasteiger partial charge in [-0.15, -0.1) is 24.0 Å². The second kappa shape index (κ2) is 9.75. The van der Waals surface area contributed by atoms with Crippen LogP contribution in [0, 0.1) is 0 Å². The molecule has 0 spiro atoms. The third kappa shape index (κ3) is 6.01. The second-order valence-electron chi connectivity index (χ2n) is 5.92. The van der Waals surface area contributed by atoms with Crippen molar-refractivity contribution in [3.05, 3.63) is 35.4 Å². The van der Waals surface area contributed by atoms with Gasteiger partial charge in [-0.1, -0.05) is 24.3 Å². The largest absolute Gasteiger partial charge is 0.356 e. The Morgan fingerprint density at radius 3 is 2.39 bits per heavy atom. The van der Waals surface area contributed by atoms with E-state index in [-0.39, 0.29) is 29.9 Å². The number of carbonyl (C=O) groups is 1. The van der Waals surface area contributed by atoms with Crippen LogP contribution < -0.4 is 10.6 Å². The van der Waals surface area contributed by atoms with Crippen LogP contribution in [-0.2, 0) is 17.9 Å². The Labute approximate surface area is 156 Å². The van der Waals surface area contributed by atoms with Crippen LogP contribution in [0.1, 0.15) is 37.8 Å². The van der Waals surface area contributed by atoms with Crippen molar-refractivity contribution in [2.45, 2.75) is 45.8 Å². The lowest BCUT2D eigenvalue weighted by Crippen LogP contribution is -2.41. The van der Waals surface area contributed by atoms with E-state index in [1.54, 1.807) is 7.05 Å². The molecule has 1 aliphatic rings. The van der Waals surface area contributed by atoms with E-state index in [2.05, 4.69) is 41.6 Å². The fourth-order valence-corrected chi connectivity index (χ4v) is 2.58. The maximum atomic E-state index is 12.3. The molecular weight excluding hydrogens is 403 g/mol. The molecule has 1 heterocycles. The van der Waals surface area contributed by atoms with Crippen molar-refractivity contribution in [3.8, 4) is 0 Å². The molecule has 0 aliphatic carbocycles. The number of benzene rings is 1. The number of amides is 1. The van der Waals surface area contributed by atoms with Gasteiger partial charge in [0.25, 0.3) is 0 Å². The number of carbonyl (C=O) groups excluding carboxylic acids is 1. The molecule has 0 bridgehead atoms. The van der Waals surface area contributed by atoms with Crippen LogP contribution in [0.4, 0.5) is 0 Å². The molecule has 1 aromatic rings. The monoisotopic (exact) mass is 430 g/mol. The summed E-state index contributed by atoms with van der Waals surface area (Å²) in [5.74, 6) is 1.01. The number of nitrogens with one attached hydrogen (secondary N) is 2. The lowest BCUT2D eigenvalue weighted by Gasteiger charge is -2.16. The third-order valence-electron chi connectivity index (χ3n) is 3.70.